The van der Waals surface area contributed by atoms with Crippen LogP contribution in [0.15, 0.2) is 0 Å². The number of amides is 1. The molecule has 0 aromatic carbocycles. The van der Waals surface area contributed by atoms with Gasteiger partial charge in [-0.15, -0.1) is 0 Å². The average molecular weight is 238 g/mol. The largest absolute Gasteiger partial charge is 0.338 e. The maximum absolute atomic E-state index is 12.6. The molecule has 2 aliphatic rings. The van der Waals surface area contributed by atoms with E-state index in [9.17, 15) is 4.79 Å². The molecule has 1 N–H and O–H groups in total. The van der Waals surface area contributed by atoms with E-state index < -0.39 is 0 Å². The van der Waals surface area contributed by atoms with E-state index in [2.05, 4.69) is 31.0 Å². The van der Waals surface area contributed by atoms with Crippen LogP contribution >= 0.6 is 0 Å². The molecule has 17 heavy (non-hydrogen) atoms. The van der Waals surface area contributed by atoms with Crippen molar-refractivity contribution in [1.82, 2.24) is 10.2 Å². The zero-order valence-corrected chi connectivity index (χ0v) is 11.5. The van der Waals surface area contributed by atoms with Gasteiger partial charge < -0.3 is 10.2 Å². The second kappa shape index (κ2) is 4.97. The third-order valence-electron chi connectivity index (χ3n) is 4.29. The summed E-state index contributed by atoms with van der Waals surface area (Å²) in [6, 6.07) is 1.07. The zero-order chi connectivity index (χ0) is 12.5. The molecule has 3 heteroatoms. The summed E-state index contributed by atoms with van der Waals surface area (Å²) in [5.74, 6) is 0.358. The van der Waals surface area contributed by atoms with E-state index in [1.165, 1.54) is 25.7 Å². The number of rotatable bonds is 5. The third kappa shape index (κ3) is 3.01. The lowest BCUT2D eigenvalue weighted by molar-refractivity contribution is -0.141. The maximum Gasteiger partial charge on any atom is 0.228 e. The van der Waals surface area contributed by atoms with Crippen molar-refractivity contribution in [3.63, 3.8) is 0 Å². The third-order valence-corrected chi connectivity index (χ3v) is 4.29. The van der Waals surface area contributed by atoms with Gasteiger partial charge in [-0.25, -0.2) is 0 Å². The highest BCUT2D eigenvalue weighted by atomic mass is 16.2. The lowest BCUT2D eigenvalue weighted by Gasteiger charge is -2.33. The summed E-state index contributed by atoms with van der Waals surface area (Å²) in [6.45, 7) is 8.30. The summed E-state index contributed by atoms with van der Waals surface area (Å²) < 4.78 is 0. The van der Waals surface area contributed by atoms with Crippen LogP contribution in [0.3, 0.4) is 0 Å². The first-order valence-electron chi connectivity index (χ1n) is 7.09. The first-order chi connectivity index (χ1) is 8.04. The number of carbonyl (C=O) groups excluding carboxylic acids is 1. The molecule has 2 fully saturated rings. The van der Waals surface area contributed by atoms with E-state index in [1.54, 1.807) is 0 Å². The molecule has 1 aliphatic carbocycles. The molecule has 1 saturated heterocycles. The quantitative estimate of drug-likeness (QED) is 0.796. The Hall–Kier alpha value is -0.570. The summed E-state index contributed by atoms with van der Waals surface area (Å²) in [5.41, 5.74) is -0.193. The van der Waals surface area contributed by atoms with Crippen molar-refractivity contribution < 1.29 is 4.79 Å². The molecule has 1 saturated carbocycles. The van der Waals surface area contributed by atoms with Crippen molar-refractivity contribution in [3.8, 4) is 0 Å². The fraction of sp³-hybridized carbons (Fsp3) is 0.929. The minimum absolute atomic E-state index is 0.193. The summed E-state index contributed by atoms with van der Waals surface area (Å²) in [4.78, 5) is 14.7. The summed E-state index contributed by atoms with van der Waals surface area (Å²) in [5, 5.41) is 3.50. The number of nitrogens with one attached hydrogen (secondary N) is 1. The van der Waals surface area contributed by atoms with Gasteiger partial charge in [-0.2, -0.15) is 0 Å². The highest BCUT2D eigenvalue weighted by Gasteiger charge is 2.39. The molecular formula is C14H26N2O. The molecule has 1 aliphatic heterocycles. The summed E-state index contributed by atoms with van der Waals surface area (Å²) in [6.07, 6.45) is 5.82. The number of nitrogens with zero attached hydrogens (tertiary/aromatic N) is 1. The van der Waals surface area contributed by atoms with Crippen LogP contribution in [0.5, 0.6) is 0 Å². The minimum Gasteiger partial charge on any atom is -0.338 e. The molecular weight excluding hydrogens is 212 g/mol. The molecule has 0 radical (unpaired) electrons. The van der Waals surface area contributed by atoms with Crippen LogP contribution in [-0.2, 0) is 4.79 Å². The summed E-state index contributed by atoms with van der Waals surface area (Å²) in [7, 11) is 0. The van der Waals surface area contributed by atoms with Crippen LogP contribution < -0.4 is 5.32 Å². The van der Waals surface area contributed by atoms with E-state index in [0.717, 1.165) is 19.5 Å². The van der Waals surface area contributed by atoms with Crippen molar-refractivity contribution in [1.29, 1.82) is 0 Å². The Morgan fingerprint density at radius 2 is 2.06 bits per heavy atom. The SMILES string of the molecule is CCC(C)(C)C(=O)N(CC1CCCN1)C1CC1. The Morgan fingerprint density at radius 3 is 2.53 bits per heavy atom. The van der Waals surface area contributed by atoms with Crippen molar-refractivity contribution in [3.05, 3.63) is 0 Å². The van der Waals surface area contributed by atoms with E-state index in [-0.39, 0.29) is 5.41 Å². The van der Waals surface area contributed by atoms with Crippen LogP contribution in [0.4, 0.5) is 0 Å². The lowest BCUT2D eigenvalue weighted by Crippen LogP contribution is -2.47. The van der Waals surface area contributed by atoms with E-state index in [4.69, 9.17) is 0 Å². The number of carbonyl (C=O) groups is 1. The van der Waals surface area contributed by atoms with Gasteiger partial charge in [0, 0.05) is 24.0 Å². The van der Waals surface area contributed by atoms with Crippen molar-refractivity contribution in [2.75, 3.05) is 13.1 Å². The van der Waals surface area contributed by atoms with Crippen LogP contribution in [0, 0.1) is 5.41 Å². The summed E-state index contributed by atoms with van der Waals surface area (Å²) >= 11 is 0. The highest BCUT2D eigenvalue weighted by molar-refractivity contribution is 5.82. The second-order valence-corrected chi connectivity index (χ2v) is 6.22. The Balaban J connectivity index is 1.98. The van der Waals surface area contributed by atoms with Gasteiger partial charge in [-0.3, -0.25) is 4.79 Å². The van der Waals surface area contributed by atoms with Crippen LogP contribution in [0.2, 0.25) is 0 Å². The fourth-order valence-corrected chi connectivity index (χ4v) is 2.47. The van der Waals surface area contributed by atoms with Gasteiger partial charge in [0.25, 0.3) is 0 Å². The number of hydrogen-bond donors (Lipinski definition) is 1. The van der Waals surface area contributed by atoms with Crippen LogP contribution in [0.1, 0.15) is 52.9 Å². The first-order valence-corrected chi connectivity index (χ1v) is 7.09. The van der Waals surface area contributed by atoms with Crippen molar-refractivity contribution in [2.24, 2.45) is 5.41 Å². The minimum atomic E-state index is -0.193. The van der Waals surface area contributed by atoms with Gasteiger partial charge in [0.05, 0.1) is 0 Å². The molecule has 1 heterocycles. The van der Waals surface area contributed by atoms with Gasteiger partial charge in [-0.05, 0) is 38.6 Å². The van der Waals surface area contributed by atoms with Crippen LogP contribution in [-0.4, -0.2) is 36.0 Å². The molecule has 3 nitrogen and oxygen atoms in total. The van der Waals surface area contributed by atoms with E-state index in [0.29, 0.717) is 18.0 Å². The van der Waals surface area contributed by atoms with Gasteiger partial charge >= 0.3 is 0 Å². The molecule has 0 aromatic heterocycles. The van der Waals surface area contributed by atoms with Gasteiger partial charge in [0.2, 0.25) is 5.91 Å². The molecule has 1 unspecified atom stereocenters. The van der Waals surface area contributed by atoms with Gasteiger partial charge in [0.15, 0.2) is 0 Å². The Bertz CT molecular complexity index is 278. The molecule has 1 amide bonds. The molecule has 98 valence electrons. The molecule has 0 aromatic rings. The van der Waals surface area contributed by atoms with E-state index >= 15 is 0 Å². The fourth-order valence-electron chi connectivity index (χ4n) is 2.47. The monoisotopic (exact) mass is 238 g/mol. The average Bonchev–Trinajstić information content (AvgIpc) is 3.03. The first kappa shape index (κ1) is 12.9. The topological polar surface area (TPSA) is 32.3 Å². The predicted octanol–water partition coefficient (Wildman–Crippen LogP) is 2.17. The Morgan fingerprint density at radius 1 is 1.35 bits per heavy atom. The predicted molar refractivity (Wildman–Crippen MR) is 69.8 cm³/mol. The maximum atomic E-state index is 12.6. The Labute approximate surface area is 105 Å². The lowest BCUT2D eigenvalue weighted by atomic mass is 9.88. The molecule has 1 atom stereocenters. The number of hydrogen-bond acceptors (Lipinski definition) is 2. The van der Waals surface area contributed by atoms with Crippen molar-refractivity contribution >= 4 is 5.91 Å². The highest BCUT2D eigenvalue weighted by Crippen LogP contribution is 2.33. The van der Waals surface area contributed by atoms with Gasteiger partial charge in [-0.1, -0.05) is 20.8 Å². The zero-order valence-electron chi connectivity index (χ0n) is 11.5. The Kier molecular flexibility index (Phi) is 3.76. The second-order valence-electron chi connectivity index (χ2n) is 6.22. The normalized spacial score (nSPS) is 25.0. The molecule has 0 spiro atoms. The molecule has 0 bridgehead atoms. The van der Waals surface area contributed by atoms with E-state index in [1.807, 2.05) is 0 Å². The van der Waals surface area contributed by atoms with Crippen molar-refractivity contribution in [2.45, 2.75) is 65.0 Å². The van der Waals surface area contributed by atoms with Crippen LogP contribution in [0.25, 0.3) is 0 Å². The van der Waals surface area contributed by atoms with Gasteiger partial charge in [0.1, 0.15) is 0 Å². The smallest absolute Gasteiger partial charge is 0.228 e. The standard InChI is InChI=1S/C14H26N2O/c1-4-14(2,3)13(17)16(12-7-8-12)10-11-6-5-9-15-11/h11-12,15H,4-10H2,1-3H3. The molecule has 2 rings (SSSR count).